The number of carbonyl (C=O) groups is 1. The van der Waals surface area contributed by atoms with Gasteiger partial charge in [-0.05, 0) is 0 Å². The number of ketones is 1. The predicted molar refractivity (Wildman–Crippen MR) is 74.7 cm³/mol. The van der Waals surface area contributed by atoms with Crippen molar-refractivity contribution in [1.29, 1.82) is 0 Å². The van der Waals surface area contributed by atoms with Crippen LogP contribution >= 0.6 is 46.4 Å². The molecule has 0 amide bonds. The van der Waals surface area contributed by atoms with Gasteiger partial charge < -0.3 is 0 Å². The minimum Gasteiger partial charge on any atom is -0.298 e. The summed E-state index contributed by atoms with van der Waals surface area (Å²) in [5, 5.41) is 1.41. The van der Waals surface area contributed by atoms with E-state index in [1.807, 2.05) is 24.3 Å². The molecule has 1 saturated carbocycles. The molecule has 0 unspecified atom stereocenters. The van der Waals surface area contributed by atoms with Crippen molar-refractivity contribution in [3.05, 3.63) is 44.4 Å². The van der Waals surface area contributed by atoms with E-state index in [4.69, 9.17) is 46.4 Å². The van der Waals surface area contributed by atoms with Crippen molar-refractivity contribution < 1.29 is 4.79 Å². The van der Waals surface area contributed by atoms with Crippen molar-refractivity contribution in [3.8, 4) is 0 Å². The lowest BCUT2D eigenvalue weighted by molar-refractivity contribution is -0.121. The first-order valence-corrected chi connectivity index (χ1v) is 7.04. The van der Waals surface area contributed by atoms with Crippen molar-refractivity contribution in [1.82, 2.24) is 0 Å². The predicted octanol–water partition coefficient (Wildman–Crippen LogP) is 4.55. The third-order valence-corrected chi connectivity index (χ3v) is 5.72. The van der Waals surface area contributed by atoms with Gasteiger partial charge in [0.1, 0.15) is 5.78 Å². The van der Waals surface area contributed by atoms with E-state index in [2.05, 4.69) is 0 Å². The summed E-state index contributed by atoms with van der Waals surface area (Å²) in [4.78, 5) is 12.3. The summed E-state index contributed by atoms with van der Waals surface area (Å²) in [6.45, 7) is 0. The Hall–Kier alpha value is -0.210. The molecule has 0 radical (unpaired) electrons. The first-order valence-electron chi connectivity index (χ1n) is 5.53. The highest BCUT2D eigenvalue weighted by Crippen LogP contribution is 2.56. The molecule has 18 heavy (non-hydrogen) atoms. The van der Waals surface area contributed by atoms with Crippen molar-refractivity contribution in [2.75, 3.05) is 0 Å². The standard InChI is InChI=1S/C13H8Cl4O/c14-9-7-5-3-1-2-4-6(13(5)18)8(7)10(15)12(17)11(9)16/h1-8H/t5-,6-,7-,8-/m0/s1. The van der Waals surface area contributed by atoms with Crippen LogP contribution in [0.4, 0.5) is 0 Å². The molecule has 1 fully saturated rings. The van der Waals surface area contributed by atoms with Gasteiger partial charge in [0.2, 0.25) is 0 Å². The molecule has 5 heteroatoms. The zero-order valence-electron chi connectivity index (χ0n) is 9.04. The number of Topliss-reactive ketones (excluding diaryl/α,β-unsaturated/α-hetero) is 1. The van der Waals surface area contributed by atoms with Gasteiger partial charge in [-0.3, -0.25) is 4.79 Å². The summed E-state index contributed by atoms with van der Waals surface area (Å²) >= 11 is 24.7. The second-order valence-electron chi connectivity index (χ2n) is 4.60. The molecular formula is C13H8Cl4O. The fourth-order valence-corrected chi connectivity index (χ4v) is 4.24. The third kappa shape index (κ3) is 1.58. The Morgan fingerprint density at radius 1 is 0.778 bits per heavy atom. The van der Waals surface area contributed by atoms with Crippen LogP contribution in [0.15, 0.2) is 44.4 Å². The van der Waals surface area contributed by atoms with Crippen LogP contribution in [0.2, 0.25) is 0 Å². The average molecular weight is 322 g/mol. The van der Waals surface area contributed by atoms with Crippen LogP contribution in [0.1, 0.15) is 0 Å². The number of hydrogen-bond acceptors (Lipinski definition) is 1. The third-order valence-electron chi connectivity index (χ3n) is 3.76. The van der Waals surface area contributed by atoms with Crippen LogP contribution in [0.25, 0.3) is 0 Å². The van der Waals surface area contributed by atoms with Gasteiger partial charge in [0.15, 0.2) is 0 Å². The van der Waals surface area contributed by atoms with E-state index < -0.39 is 0 Å². The smallest absolute Gasteiger partial charge is 0.147 e. The summed E-state index contributed by atoms with van der Waals surface area (Å²) in [5.41, 5.74) is 0. The van der Waals surface area contributed by atoms with Gasteiger partial charge in [-0.2, -0.15) is 0 Å². The van der Waals surface area contributed by atoms with Gasteiger partial charge in [-0.25, -0.2) is 0 Å². The maximum Gasteiger partial charge on any atom is 0.147 e. The molecule has 0 aliphatic heterocycles. The molecule has 3 rings (SSSR count). The Bertz CT molecular complexity index is 507. The van der Waals surface area contributed by atoms with Gasteiger partial charge in [0.25, 0.3) is 0 Å². The molecule has 0 heterocycles. The maximum atomic E-state index is 12.3. The maximum absolute atomic E-state index is 12.3. The van der Waals surface area contributed by atoms with Gasteiger partial charge >= 0.3 is 0 Å². The Balaban J connectivity index is 2.20. The molecule has 2 bridgehead atoms. The highest BCUT2D eigenvalue weighted by Gasteiger charge is 2.53. The molecule has 0 spiro atoms. The van der Waals surface area contributed by atoms with Crippen LogP contribution in [0, 0.1) is 23.7 Å². The molecule has 94 valence electrons. The minimum absolute atomic E-state index is 0.127. The number of fused-ring (bicyclic) bond motifs is 5. The van der Waals surface area contributed by atoms with E-state index in [0.717, 1.165) is 0 Å². The largest absolute Gasteiger partial charge is 0.298 e. The molecule has 3 aliphatic carbocycles. The Morgan fingerprint density at radius 2 is 1.17 bits per heavy atom. The van der Waals surface area contributed by atoms with Crippen molar-refractivity contribution in [3.63, 3.8) is 0 Å². The quantitative estimate of drug-likeness (QED) is 0.639. The van der Waals surface area contributed by atoms with Crippen molar-refractivity contribution >= 4 is 52.2 Å². The highest BCUT2D eigenvalue weighted by molar-refractivity contribution is 6.51. The van der Waals surface area contributed by atoms with Crippen LogP contribution in [-0.2, 0) is 4.79 Å². The lowest BCUT2D eigenvalue weighted by atomic mass is 9.82. The minimum atomic E-state index is -0.269. The van der Waals surface area contributed by atoms with Crippen LogP contribution in [0.3, 0.4) is 0 Å². The number of halogens is 4. The van der Waals surface area contributed by atoms with Gasteiger partial charge in [0, 0.05) is 33.7 Å². The summed E-state index contributed by atoms with van der Waals surface area (Å²) in [6, 6.07) is 0. The highest BCUT2D eigenvalue weighted by atomic mass is 35.5. The first-order chi connectivity index (χ1) is 8.54. The Kier molecular flexibility index (Phi) is 3.14. The monoisotopic (exact) mass is 320 g/mol. The topological polar surface area (TPSA) is 17.1 Å². The Labute approximate surface area is 125 Å². The van der Waals surface area contributed by atoms with Crippen molar-refractivity contribution in [2.24, 2.45) is 23.7 Å². The van der Waals surface area contributed by atoms with Gasteiger partial charge in [-0.1, -0.05) is 70.7 Å². The SMILES string of the molecule is O=C1[C@H]2C=CC=C[C@H]1[C@@H]1C(Cl)=C(Cl)C(Cl)=C(Cl)[C@H]12. The molecule has 4 atom stereocenters. The number of rotatable bonds is 0. The number of allylic oxidation sites excluding steroid dienone is 8. The molecule has 3 aliphatic rings. The van der Waals surface area contributed by atoms with Crippen molar-refractivity contribution in [2.45, 2.75) is 0 Å². The van der Waals surface area contributed by atoms with E-state index in [1.165, 1.54) is 0 Å². The molecular weight excluding hydrogens is 314 g/mol. The zero-order chi connectivity index (χ0) is 13.0. The molecule has 0 saturated heterocycles. The second-order valence-corrected chi connectivity index (χ2v) is 6.17. The molecule has 0 aromatic heterocycles. The second kappa shape index (κ2) is 4.42. The molecule has 0 aromatic carbocycles. The fourth-order valence-electron chi connectivity index (χ4n) is 2.95. The molecule has 0 aromatic rings. The van der Waals surface area contributed by atoms with Crippen LogP contribution < -0.4 is 0 Å². The Morgan fingerprint density at radius 3 is 1.56 bits per heavy atom. The fraction of sp³-hybridized carbons (Fsp3) is 0.308. The average Bonchev–Trinajstić information content (AvgIpc) is 2.46. The van der Waals surface area contributed by atoms with E-state index >= 15 is 0 Å². The first kappa shape index (κ1) is 12.8. The number of hydrogen-bond donors (Lipinski definition) is 0. The summed E-state index contributed by atoms with van der Waals surface area (Å²) in [7, 11) is 0. The summed E-state index contributed by atoms with van der Waals surface area (Å²) in [5.74, 6) is -0.785. The molecule has 0 N–H and O–H groups in total. The number of carbonyl (C=O) groups excluding carboxylic acids is 1. The molecule has 1 nitrogen and oxygen atoms in total. The van der Waals surface area contributed by atoms with Crippen LogP contribution in [0.5, 0.6) is 0 Å². The van der Waals surface area contributed by atoms with E-state index in [9.17, 15) is 4.79 Å². The van der Waals surface area contributed by atoms with E-state index in [0.29, 0.717) is 10.1 Å². The van der Waals surface area contributed by atoms with E-state index in [1.54, 1.807) is 0 Å². The van der Waals surface area contributed by atoms with Gasteiger partial charge in [-0.15, -0.1) is 0 Å². The zero-order valence-corrected chi connectivity index (χ0v) is 12.1. The van der Waals surface area contributed by atoms with E-state index in [-0.39, 0.29) is 39.5 Å². The summed E-state index contributed by atoms with van der Waals surface area (Å²) in [6.07, 6.45) is 7.45. The van der Waals surface area contributed by atoms with Crippen LogP contribution in [-0.4, -0.2) is 5.78 Å². The lowest BCUT2D eigenvalue weighted by Crippen LogP contribution is -2.22. The summed E-state index contributed by atoms with van der Waals surface area (Å²) < 4.78 is 0. The van der Waals surface area contributed by atoms with Gasteiger partial charge in [0.05, 0.1) is 10.1 Å². The lowest BCUT2D eigenvalue weighted by Gasteiger charge is -2.29. The normalized spacial score (nSPS) is 38.3.